The molecule has 1 fully saturated rings. The molecule has 0 spiro atoms. The summed E-state index contributed by atoms with van der Waals surface area (Å²) >= 11 is 0. The number of aromatic nitrogens is 3. The zero-order valence-electron chi connectivity index (χ0n) is 14.5. The predicted octanol–water partition coefficient (Wildman–Crippen LogP) is 2.12. The maximum atomic E-state index is 11.7. The molecule has 0 saturated carbocycles. The van der Waals surface area contributed by atoms with Crippen molar-refractivity contribution in [3.63, 3.8) is 0 Å². The van der Waals surface area contributed by atoms with Crippen molar-refractivity contribution in [2.75, 3.05) is 42.6 Å². The van der Waals surface area contributed by atoms with Crippen LogP contribution >= 0.6 is 0 Å². The van der Waals surface area contributed by atoms with Crippen LogP contribution in [0.2, 0.25) is 0 Å². The van der Waals surface area contributed by atoms with Gasteiger partial charge in [0.2, 0.25) is 0 Å². The van der Waals surface area contributed by atoms with Crippen LogP contribution in [-0.2, 0) is 4.74 Å². The number of piperazine rings is 1. The first-order valence-corrected chi connectivity index (χ1v) is 8.58. The van der Waals surface area contributed by atoms with Crippen LogP contribution in [0.1, 0.15) is 17.4 Å². The Balaban J connectivity index is 1.46. The first-order valence-electron chi connectivity index (χ1n) is 8.58. The zero-order valence-corrected chi connectivity index (χ0v) is 14.5. The van der Waals surface area contributed by atoms with Gasteiger partial charge in [0.1, 0.15) is 18.4 Å². The number of fused-ring (bicyclic) bond motifs is 1. The third-order valence-corrected chi connectivity index (χ3v) is 4.35. The number of oxazole rings is 1. The van der Waals surface area contributed by atoms with Crippen molar-refractivity contribution in [2.24, 2.45) is 0 Å². The van der Waals surface area contributed by atoms with Gasteiger partial charge in [0.25, 0.3) is 6.01 Å². The summed E-state index contributed by atoms with van der Waals surface area (Å²) in [7, 11) is 0. The first kappa shape index (κ1) is 16.3. The molecule has 0 amide bonds. The molecule has 1 aliphatic rings. The number of carbonyl (C=O) groups excluding carboxylic acids is 1. The second-order valence-corrected chi connectivity index (χ2v) is 5.92. The normalized spacial score (nSPS) is 14.7. The van der Waals surface area contributed by atoms with E-state index >= 15 is 0 Å². The minimum atomic E-state index is -0.464. The third-order valence-electron chi connectivity index (χ3n) is 4.35. The Hall–Kier alpha value is -3.16. The Labute approximate surface area is 150 Å². The van der Waals surface area contributed by atoms with Gasteiger partial charge in [-0.3, -0.25) is 0 Å². The van der Waals surface area contributed by atoms with Crippen LogP contribution in [0.4, 0.5) is 11.8 Å². The molecule has 0 bridgehead atoms. The van der Waals surface area contributed by atoms with Crippen molar-refractivity contribution in [2.45, 2.75) is 6.92 Å². The van der Waals surface area contributed by atoms with Gasteiger partial charge in [-0.15, -0.1) is 0 Å². The average molecular weight is 353 g/mol. The fourth-order valence-corrected chi connectivity index (χ4v) is 3.06. The molecule has 134 valence electrons. The molecule has 4 rings (SSSR count). The highest BCUT2D eigenvalue weighted by atomic mass is 16.5. The van der Waals surface area contributed by atoms with Crippen LogP contribution < -0.4 is 9.80 Å². The molecule has 3 aromatic rings. The largest absolute Gasteiger partial charge is 0.461 e. The highest BCUT2D eigenvalue weighted by molar-refractivity contribution is 5.89. The van der Waals surface area contributed by atoms with Crippen molar-refractivity contribution in [1.82, 2.24) is 15.0 Å². The molecule has 26 heavy (non-hydrogen) atoms. The molecule has 0 aliphatic carbocycles. The number of esters is 1. The summed E-state index contributed by atoms with van der Waals surface area (Å²) in [6.07, 6.45) is 2.95. The lowest BCUT2D eigenvalue weighted by molar-refractivity contribution is 0.0519. The maximum Gasteiger partial charge on any atom is 0.360 e. The summed E-state index contributed by atoms with van der Waals surface area (Å²) in [5.74, 6) is 0.475. The first-order chi connectivity index (χ1) is 12.8. The molecule has 0 N–H and O–H groups in total. The van der Waals surface area contributed by atoms with Crippen LogP contribution in [0.15, 0.2) is 41.3 Å². The number of hydrogen-bond acceptors (Lipinski definition) is 8. The van der Waals surface area contributed by atoms with Gasteiger partial charge >= 0.3 is 5.97 Å². The van der Waals surface area contributed by atoms with Gasteiger partial charge in [-0.1, -0.05) is 12.1 Å². The van der Waals surface area contributed by atoms with Crippen LogP contribution in [0.5, 0.6) is 0 Å². The average Bonchev–Trinajstić information content (AvgIpc) is 3.18. The van der Waals surface area contributed by atoms with E-state index in [1.165, 1.54) is 6.26 Å². The van der Waals surface area contributed by atoms with Gasteiger partial charge in [0, 0.05) is 31.6 Å². The fraction of sp³-hybridized carbons (Fsp3) is 0.333. The second-order valence-electron chi connectivity index (χ2n) is 5.92. The van der Waals surface area contributed by atoms with Gasteiger partial charge in [0.05, 0.1) is 12.1 Å². The van der Waals surface area contributed by atoms with Gasteiger partial charge in [-0.25, -0.2) is 14.8 Å². The van der Waals surface area contributed by atoms with Crippen LogP contribution in [0.25, 0.3) is 10.9 Å². The van der Waals surface area contributed by atoms with Gasteiger partial charge < -0.3 is 19.0 Å². The van der Waals surface area contributed by atoms with E-state index in [0.717, 1.165) is 42.9 Å². The minimum absolute atomic E-state index is 0.200. The molecule has 8 heteroatoms. The molecule has 1 saturated heterocycles. The molecular formula is C18H19N5O3. The van der Waals surface area contributed by atoms with E-state index < -0.39 is 5.97 Å². The van der Waals surface area contributed by atoms with E-state index in [1.54, 1.807) is 13.3 Å². The monoisotopic (exact) mass is 353 g/mol. The fourth-order valence-electron chi connectivity index (χ4n) is 3.06. The van der Waals surface area contributed by atoms with E-state index in [0.29, 0.717) is 12.6 Å². The number of anilines is 2. The molecule has 0 radical (unpaired) electrons. The molecule has 1 aromatic carbocycles. The summed E-state index contributed by atoms with van der Waals surface area (Å²) in [6, 6.07) is 8.44. The van der Waals surface area contributed by atoms with Gasteiger partial charge in [-0.05, 0) is 19.1 Å². The molecule has 1 aliphatic heterocycles. The predicted molar refractivity (Wildman–Crippen MR) is 96.4 cm³/mol. The smallest absolute Gasteiger partial charge is 0.360 e. The summed E-state index contributed by atoms with van der Waals surface area (Å²) in [6.45, 7) is 5.07. The number of nitrogens with zero attached hydrogens (tertiary/aromatic N) is 5. The summed E-state index contributed by atoms with van der Waals surface area (Å²) in [5, 5.41) is 1.05. The number of hydrogen-bond donors (Lipinski definition) is 0. The number of carbonyl (C=O) groups is 1. The Morgan fingerprint density at radius 1 is 1.15 bits per heavy atom. The summed E-state index contributed by atoms with van der Waals surface area (Å²) in [5.41, 5.74) is 1.14. The van der Waals surface area contributed by atoms with Crippen LogP contribution in [0.3, 0.4) is 0 Å². The highest BCUT2D eigenvalue weighted by Gasteiger charge is 2.24. The van der Waals surface area contributed by atoms with Crippen LogP contribution in [-0.4, -0.2) is 53.7 Å². The maximum absolute atomic E-state index is 11.7. The number of benzene rings is 1. The number of para-hydroxylation sites is 1. The molecule has 0 atom stereocenters. The summed E-state index contributed by atoms with van der Waals surface area (Å²) < 4.78 is 10.4. The quantitative estimate of drug-likeness (QED) is 0.660. The van der Waals surface area contributed by atoms with E-state index in [4.69, 9.17) is 9.15 Å². The second kappa shape index (κ2) is 6.99. The lowest BCUT2D eigenvalue weighted by Gasteiger charge is -2.34. The van der Waals surface area contributed by atoms with E-state index in [1.807, 2.05) is 29.2 Å². The van der Waals surface area contributed by atoms with E-state index in [-0.39, 0.29) is 5.69 Å². The standard InChI is InChI=1S/C18H19N5O3/c1-2-25-17(24)15-11-26-18(21-15)23-9-7-22(8-10-23)16-13-5-3-4-6-14(13)19-12-20-16/h3-6,11-12H,2,7-10H2,1H3. The molecular weight excluding hydrogens is 334 g/mol. The lowest BCUT2D eigenvalue weighted by Crippen LogP contribution is -2.47. The van der Waals surface area contributed by atoms with Crippen molar-refractivity contribution < 1.29 is 13.9 Å². The number of rotatable bonds is 4. The third kappa shape index (κ3) is 3.05. The van der Waals surface area contributed by atoms with Crippen molar-refractivity contribution in [3.05, 3.63) is 42.5 Å². The lowest BCUT2D eigenvalue weighted by atomic mass is 10.2. The Kier molecular flexibility index (Phi) is 4.39. The SMILES string of the molecule is CCOC(=O)c1coc(N2CCN(c3ncnc4ccccc34)CC2)n1. The molecule has 0 unspecified atom stereocenters. The summed E-state index contributed by atoms with van der Waals surface area (Å²) in [4.78, 5) is 29.0. The van der Waals surface area contributed by atoms with Gasteiger partial charge in [-0.2, -0.15) is 4.98 Å². The van der Waals surface area contributed by atoms with Crippen molar-refractivity contribution in [3.8, 4) is 0 Å². The zero-order chi connectivity index (χ0) is 17.9. The van der Waals surface area contributed by atoms with Gasteiger partial charge in [0.15, 0.2) is 5.69 Å². The Bertz CT molecular complexity index is 913. The highest BCUT2D eigenvalue weighted by Crippen LogP contribution is 2.25. The van der Waals surface area contributed by atoms with Crippen molar-refractivity contribution >= 4 is 28.7 Å². The Morgan fingerprint density at radius 2 is 1.92 bits per heavy atom. The van der Waals surface area contributed by atoms with E-state index in [9.17, 15) is 4.79 Å². The molecule has 3 heterocycles. The van der Waals surface area contributed by atoms with Crippen LogP contribution in [0, 0.1) is 0 Å². The van der Waals surface area contributed by atoms with E-state index in [2.05, 4.69) is 19.9 Å². The molecule has 8 nitrogen and oxygen atoms in total. The Morgan fingerprint density at radius 3 is 2.73 bits per heavy atom. The topological polar surface area (TPSA) is 84.6 Å². The molecule has 2 aromatic heterocycles. The van der Waals surface area contributed by atoms with Crippen molar-refractivity contribution in [1.29, 1.82) is 0 Å². The number of ether oxygens (including phenoxy) is 1. The minimum Gasteiger partial charge on any atom is -0.461 e.